The summed E-state index contributed by atoms with van der Waals surface area (Å²) in [6.07, 6.45) is 1.60. The van der Waals surface area contributed by atoms with Gasteiger partial charge in [-0.15, -0.1) is 0 Å². The maximum Gasteiger partial charge on any atom is 0.272 e. The molecule has 158 valence electrons. The summed E-state index contributed by atoms with van der Waals surface area (Å²) in [7, 11) is 0. The Morgan fingerprint density at radius 2 is 1.80 bits per heavy atom. The summed E-state index contributed by atoms with van der Waals surface area (Å²) in [5.41, 5.74) is 2.20. The van der Waals surface area contributed by atoms with E-state index < -0.39 is 6.10 Å². The van der Waals surface area contributed by atoms with Gasteiger partial charge in [-0.1, -0.05) is 30.3 Å². The molecule has 0 aliphatic rings. The van der Waals surface area contributed by atoms with Crippen LogP contribution < -0.4 is 15.4 Å². The van der Waals surface area contributed by atoms with Crippen molar-refractivity contribution >= 4 is 11.6 Å². The number of hydrogen-bond acceptors (Lipinski definition) is 5. The van der Waals surface area contributed by atoms with Gasteiger partial charge in [0, 0.05) is 24.5 Å². The Labute approximate surface area is 175 Å². The van der Waals surface area contributed by atoms with E-state index in [0.717, 1.165) is 5.56 Å². The molecule has 2 aromatic carbocycles. The highest BCUT2D eigenvalue weighted by Crippen LogP contribution is 2.13. The number of para-hydroxylation sites is 1. The molecule has 30 heavy (non-hydrogen) atoms. The van der Waals surface area contributed by atoms with Gasteiger partial charge in [0.25, 0.3) is 5.91 Å². The van der Waals surface area contributed by atoms with E-state index in [1.807, 2.05) is 54.6 Å². The van der Waals surface area contributed by atoms with Crippen molar-refractivity contribution in [1.82, 2.24) is 10.3 Å². The Morgan fingerprint density at radius 3 is 2.47 bits per heavy atom. The lowest BCUT2D eigenvalue weighted by Gasteiger charge is -2.19. The molecular weight excluding hydrogens is 382 g/mol. The van der Waals surface area contributed by atoms with Gasteiger partial charge in [-0.3, -0.25) is 4.79 Å². The van der Waals surface area contributed by atoms with E-state index in [9.17, 15) is 15.0 Å². The predicted molar refractivity (Wildman–Crippen MR) is 116 cm³/mol. The zero-order valence-electron chi connectivity index (χ0n) is 16.6. The van der Waals surface area contributed by atoms with Gasteiger partial charge in [-0.05, 0) is 48.4 Å². The normalized spacial score (nSPS) is 12.9. The Morgan fingerprint density at radius 1 is 1.03 bits per heavy atom. The number of carbonyl (C=O) groups excluding carboxylic acids is 1. The molecule has 2 unspecified atom stereocenters. The number of aromatic nitrogens is 1. The molecule has 2 atom stereocenters. The highest BCUT2D eigenvalue weighted by molar-refractivity contribution is 6.02. The fourth-order valence-electron chi connectivity index (χ4n) is 2.95. The summed E-state index contributed by atoms with van der Waals surface area (Å²) >= 11 is 0. The van der Waals surface area contributed by atoms with Crippen molar-refractivity contribution in [3.8, 4) is 5.75 Å². The molecule has 0 bridgehead atoms. The summed E-state index contributed by atoms with van der Waals surface area (Å²) in [4.78, 5) is 14.9. The first kappa shape index (κ1) is 21.6. The number of hydrogen-bond donors (Lipinski definition) is 5. The largest absolute Gasteiger partial charge is 0.491 e. The topological polar surface area (TPSA) is 107 Å². The fraction of sp³-hybridized carbons (Fsp3) is 0.261. The smallest absolute Gasteiger partial charge is 0.272 e. The van der Waals surface area contributed by atoms with Crippen molar-refractivity contribution in [3.05, 3.63) is 84.2 Å². The second-order valence-corrected chi connectivity index (χ2v) is 7.00. The van der Waals surface area contributed by atoms with E-state index in [2.05, 4.69) is 15.6 Å². The van der Waals surface area contributed by atoms with Crippen LogP contribution in [0.3, 0.4) is 0 Å². The average Bonchev–Trinajstić information content (AvgIpc) is 3.32. The van der Waals surface area contributed by atoms with Crippen LogP contribution in [-0.2, 0) is 6.42 Å². The van der Waals surface area contributed by atoms with Crippen LogP contribution in [0.5, 0.6) is 5.75 Å². The van der Waals surface area contributed by atoms with E-state index in [4.69, 9.17) is 4.74 Å². The standard InChI is InChI=1S/C23H27N3O4/c27-15-19(25-14-20(28)16-30-21-5-2-1-3-6-21)13-17-8-10-18(11-9-17)26-23(29)22-7-4-12-24-22/h1-12,19-20,24-25,27-28H,13-16H2,(H,26,29). The molecule has 0 saturated carbocycles. The molecule has 0 aliphatic carbocycles. The van der Waals surface area contributed by atoms with Gasteiger partial charge in [-0.25, -0.2) is 0 Å². The molecule has 7 nitrogen and oxygen atoms in total. The van der Waals surface area contributed by atoms with Crippen molar-refractivity contribution in [2.24, 2.45) is 0 Å². The second-order valence-electron chi connectivity index (χ2n) is 7.00. The Balaban J connectivity index is 1.42. The van der Waals surface area contributed by atoms with E-state index >= 15 is 0 Å². The third kappa shape index (κ3) is 6.73. The van der Waals surface area contributed by atoms with Crippen molar-refractivity contribution in [1.29, 1.82) is 0 Å². The minimum atomic E-state index is -0.690. The molecular formula is C23H27N3O4. The molecule has 7 heteroatoms. The predicted octanol–water partition coefficient (Wildman–Crippen LogP) is 2.20. The summed E-state index contributed by atoms with van der Waals surface area (Å²) in [6, 6.07) is 20.1. The zero-order chi connectivity index (χ0) is 21.2. The maximum absolute atomic E-state index is 12.1. The summed E-state index contributed by atoms with van der Waals surface area (Å²) in [5, 5.41) is 25.7. The van der Waals surface area contributed by atoms with Gasteiger partial charge >= 0.3 is 0 Å². The third-order valence-corrected chi connectivity index (χ3v) is 4.58. The van der Waals surface area contributed by atoms with Gasteiger partial charge in [0.05, 0.1) is 6.61 Å². The summed E-state index contributed by atoms with van der Waals surface area (Å²) < 4.78 is 5.53. The lowest BCUT2D eigenvalue weighted by molar-refractivity contribution is 0.0997. The number of ether oxygens (including phenoxy) is 1. The number of aromatic amines is 1. The molecule has 0 saturated heterocycles. The van der Waals surface area contributed by atoms with E-state index in [1.54, 1.807) is 18.3 Å². The van der Waals surface area contributed by atoms with Crippen molar-refractivity contribution in [2.75, 3.05) is 25.1 Å². The number of nitrogens with one attached hydrogen (secondary N) is 3. The SMILES string of the molecule is O=C(Nc1ccc(CC(CO)NCC(O)COc2ccccc2)cc1)c1ccc[nH]1. The van der Waals surface area contributed by atoms with Crippen molar-refractivity contribution in [3.63, 3.8) is 0 Å². The van der Waals surface area contributed by atoms with Crippen LogP contribution in [0.25, 0.3) is 0 Å². The second kappa shape index (κ2) is 11.2. The number of amides is 1. The van der Waals surface area contributed by atoms with Crippen LogP contribution in [-0.4, -0.2) is 53.0 Å². The van der Waals surface area contributed by atoms with Crippen LogP contribution in [0.15, 0.2) is 72.9 Å². The van der Waals surface area contributed by atoms with Gasteiger partial charge < -0.3 is 30.6 Å². The van der Waals surface area contributed by atoms with E-state index in [-0.39, 0.29) is 25.2 Å². The first-order chi connectivity index (χ1) is 14.6. The molecule has 1 heterocycles. The molecule has 1 amide bonds. The highest BCUT2D eigenvalue weighted by atomic mass is 16.5. The first-order valence-electron chi connectivity index (χ1n) is 9.88. The number of carbonyl (C=O) groups is 1. The van der Waals surface area contributed by atoms with Crippen LogP contribution in [0.2, 0.25) is 0 Å². The Hall–Kier alpha value is -3.13. The van der Waals surface area contributed by atoms with E-state index in [1.165, 1.54) is 0 Å². The third-order valence-electron chi connectivity index (χ3n) is 4.58. The molecule has 1 aromatic heterocycles. The molecule has 3 rings (SSSR count). The number of H-pyrrole nitrogens is 1. The van der Waals surface area contributed by atoms with Crippen LogP contribution in [0, 0.1) is 0 Å². The van der Waals surface area contributed by atoms with Crippen LogP contribution in [0.1, 0.15) is 16.1 Å². The van der Waals surface area contributed by atoms with E-state index in [0.29, 0.717) is 30.1 Å². The summed E-state index contributed by atoms with van der Waals surface area (Å²) in [5.74, 6) is 0.507. The molecule has 0 fully saturated rings. The minimum absolute atomic E-state index is 0.0580. The molecule has 0 radical (unpaired) electrons. The minimum Gasteiger partial charge on any atom is -0.491 e. The number of rotatable bonds is 11. The van der Waals surface area contributed by atoms with Crippen molar-refractivity contribution < 1.29 is 19.7 Å². The summed E-state index contributed by atoms with van der Waals surface area (Å²) in [6.45, 7) is 0.421. The molecule has 5 N–H and O–H groups in total. The van der Waals surface area contributed by atoms with Crippen molar-refractivity contribution in [2.45, 2.75) is 18.6 Å². The quantitative estimate of drug-likeness (QED) is 0.334. The average molecular weight is 409 g/mol. The first-order valence-corrected chi connectivity index (χ1v) is 9.88. The Kier molecular flexibility index (Phi) is 8.02. The zero-order valence-corrected chi connectivity index (χ0v) is 16.6. The molecule has 3 aromatic rings. The van der Waals surface area contributed by atoms with Gasteiger partial charge in [0.15, 0.2) is 0 Å². The van der Waals surface area contributed by atoms with Gasteiger partial charge in [0.1, 0.15) is 24.2 Å². The Bertz CT molecular complexity index is 883. The lowest BCUT2D eigenvalue weighted by atomic mass is 10.1. The van der Waals surface area contributed by atoms with Crippen LogP contribution >= 0.6 is 0 Å². The number of aliphatic hydroxyl groups is 2. The highest BCUT2D eigenvalue weighted by Gasteiger charge is 2.12. The van der Waals surface area contributed by atoms with Crippen LogP contribution in [0.4, 0.5) is 5.69 Å². The molecule has 0 spiro atoms. The van der Waals surface area contributed by atoms with Gasteiger partial charge in [0.2, 0.25) is 0 Å². The number of anilines is 1. The number of benzene rings is 2. The fourth-order valence-corrected chi connectivity index (χ4v) is 2.95. The lowest BCUT2D eigenvalue weighted by Crippen LogP contribution is -2.41. The monoisotopic (exact) mass is 409 g/mol. The molecule has 0 aliphatic heterocycles. The number of aliphatic hydroxyl groups excluding tert-OH is 2. The maximum atomic E-state index is 12.1. The van der Waals surface area contributed by atoms with Gasteiger partial charge in [-0.2, -0.15) is 0 Å².